The molecule has 0 unspecified atom stereocenters. The van der Waals surface area contributed by atoms with Gasteiger partial charge in [-0.25, -0.2) is 4.90 Å². The number of ketones is 1. The summed E-state index contributed by atoms with van der Waals surface area (Å²) in [6, 6.07) is 24.9. The first-order valence-corrected chi connectivity index (χ1v) is 11.3. The van der Waals surface area contributed by atoms with Gasteiger partial charge in [0.25, 0.3) is 0 Å². The summed E-state index contributed by atoms with van der Waals surface area (Å²) in [7, 11) is 0. The van der Waals surface area contributed by atoms with Gasteiger partial charge in [-0.05, 0) is 29.3 Å². The van der Waals surface area contributed by atoms with Crippen LogP contribution in [0.25, 0.3) is 11.1 Å². The number of nitrogens with zero attached hydrogens (tertiary/aromatic N) is 3. The number of Topliss-reactive ketones (excluding diaryl/α,β-unsaturated/α-hetero) is 1. The van der Waals surface area contributed by atoms with E-state index in [9.17, 15) is 14.4 Å². The van der Waals surface area contributed by atoms with Crippen LogP contribution in [0.1, 0.15) is 10.4 Å². The quantitative estimate of drug-likeness (QED) is 0.449. The number of fused-ring (bicyclic) bond motifs is 3. The van der Waals surface area contributed by atoms with Gasteiger partial charge in [0.15, 0.2) is 5.78 Å². The summed E-state index contributed by atoms with van der Waals surface area (Å²) in [5.74, 6) is -2.29. The lowest BCUT2D eigenvalue weighted by Gasteiger charge is -2.30. The predicted octanol–water partition coefficient (Wildman–Crippen LogP) is 3.95. The highest BCUT2D eigenvalue weighted by Crippen LogP contribution is 2.46. The molecule has 166 valence electrons. The Balaban J connectivity index is 1.37. The molecule has 34 heavy (non-hydrogen) atoms. The van der Waals surface area contributed by atoms with Gasteiger partial charge in [-0.3, -0.25) is 19.4 Å². The lowest BCUT2D eigenvalue weighted by atomic mass is 9.86. The number of hydrogen-bond donors (Lipinski definition) is 0. The number of hydrazone groups is 1. The molecule has 0 saturated carbocycles. The smallest absolute Gasteiger partial charge is 0.240 e. The van der Waals surface area contributed by atoms with Crippen LogP contribution >= 0.6 is 0 Å². The van der Waals surface area contributed by atoms with Gasteiger partial charge in [0, 0.05) is 11.8 Å². The Hall–Kier alpha value is -4.32. The van der Waals surface area contributed by atoms with Crippen LogP contribution in [0.5, 0.6) is 0 Å². The number of amides is 2. The first-order chi connectivity index (χ1) is 16.6. The average molecular weight is 447 g/mol. The molecule has 0 spiro atoms. The second kappa shape index (κ2) is 7.92. The summed E-state index contributed by atoms with van der Waals surface area (Å²) in [4.78, 5) is 42.0. The highest BCUT2D eigenvalue weighted by Gasteiger charge is 2.64. The summed E-state index contributed by atoms with van der Waals surface area (Å²) < 4.78 is 0. The van der Waals surface area contributed by atoms with Crippen molar-refractivity contribution >= 4 is 29.5 Å². The van der Waals surface area contributed by atoms with E-state index in [4.69, 9.17) is 0 Å². The SMILES string of the molecule is O=C(c1ccc(-c2ccccc2)cc1)[C@@H]1[C@@H]2C(=O)N(c3ccccc3)C(=O)[C@H]2[C@@H]2C=CC=NN12. The number of hydrogen-bond acceptors (Lipinski definition) is 5. The van der Waals surface area contributed by atoms with E-state index < -0.39 is 23.9 Å². The number of carbonyl (C=O) groups is 3. The average Bonchev–Trinajstić information content (AvgIpc) is 3.37. The maximum Gasteiger partial charge on any atom is 0.240 e. The predicted molar refractivity (Wildman–Crippen MR) is 129 cm³/mol. The Bertz CT molecular complexity index is 1330. The Morgan fingerprint density at radius 3 is 2.06 bits per heavy atom. The van der Waals surface area contributed by atoms with Crippen molar-refractivity contribution in [1.29, 1.82) is 0 Å². The maximum absolute atomic E-state index is 13.8. The molecular formula is C28H21N3O3. The topological polar surface area (TPSA) is 70.0 Å². The van der Waals surface area contributed by atoms with Crippen LogP contribution in [0, 0.1) is 11.8 Å². The molecule has 2 fully saturated rings. The van der Waals surface area contributed by atoms with Crippen molar-refractivity contribution in [2.24, 2.45) is 16.9 Å². The lowest BCUT2D eigenvalue weighted by Crippen LogP contribution is -2.46. The second-order valence-corrected chi connectivity index (χ2v) is 8.67. The molecule has 4 atom stereocenters. The largest absolute Gasteiger partial charge is 0.292 e. The maximum atomic E-state index is 13.8. The Labute approximate surface area is 196 Å². The van der Waals surface area contributed by atoms with Crippen molar-refractivity contribution in [2.45, 2.75) is 12.1 Å². The van der Waals surface area contributed by atoms with Crippen LogP contribution in [0.2, 0.25) is 0 Å². The molecule has 6 heteroatoms. The van der Waals surface area contributed by atoms with Crippen molar-refractivity contribution < 1.29 is 14.4 Å². The van der Waals surface area contributed by atoms with Crippen LogP contribution in [0.4, 0.5) is 5.69 Å². The molecule has 2 saturated heterocycles. The molecule has 0 radical (unpaired) electrons. The van der Waals surface area contributed by atoms with E-state index in [1.165, 1.54) is 4.90 Å². The number of imide groups is 1. The van der Waals surface area contributed by atoms with E-state index >= 15 is 0 Å². The fourth-order valence-corrected chi connectivity index (χ4v) is 5.30. The normalized spacial score (nSPS) is 24.9. The minimum Gasteiger partial charge on any atom is -0.292 e. The van der Waals surface area contributed by atoms with Gasteiger partial charge in [0.1, 0.15) is 6.04 Å². The van der Waals surface area contributed by atoms with E-state index in [-0.39, 0.29) is 17.6 Å². The van der Waals surface area contributed by atoms with Gasteiger partial charge >= 0.3 is 0 Å². The zero-order chi connectivity index (χ0) is 23.2. The first-order valence-electron chi connectivity index (χ1n) is 11.3. The summed E-state index contributed by atoms with van der Waals surface area (Å²) in [6.45, 7) is 0. The molecule has 3 aromatic rings. The fourth-order valence-electron chi connectivity index (χ4n) is 5.30. The molecule has 0 N–H and O–H groups in total. The molecule has 0 aromatic heterocycles. The molecule has 3 aliphatic heterocycles. The Morgan fingerprint density at radius 1 is 0.735 bits per heavy atom. The Morgan fingerprint density at radius 2 is 1.35 bits per heavy atom. The van der Waals surface area contributed by atoms with E-state index in [0.29, 0.717) is 11.3 Å². The van der Waals surface area contributed by atoms with Crippen LogP contribution in [0.15, 0.2) is 102 Å². The highest BCUT2D eigenvalue weighted by molar-refractivity contribution is 6.24. The minimum atomic E-state index is -0.844. The van der Waals surface area contributed by atoms with E-state index in [2.05, 4.69) is 5.10 Å². The molecule has 6 nitrogen and oxygen atoms in total. The van der Waals surface area contributed by atoms with Crippen LogP contribution < -0.4 is 4.90 Å². The molecule has 0 bridgehead atoms. The third-order valence-corrected chi connectivity index (χ3v) is 6.85. The van der Waals surface area contributed by atoms with Gasteiger partial charge in [-0.2, -0.15) is 5.10 Å². The summed E-state index contributed by atoms with van der Waals surface area (Å²) in [5.41, 5.74) is 3.08. The van der Waals surface area contributed by atoms with Crippen molar-refractivity contribution in [3.63, 3.8) is 0 Å². The van der Waals surface area contributed by atoms with Crippen LogP contribution in [-0.4, -0.2) is 40.9 Å². The number of benzene rings is 3. The molecule has 2 amide bonds. The molecule has 3 aliphatic rings. The highest BCUT2D eigenvalue weighted by atomic mass is 16.2. The van der Waals surface area contributed by atoms with Crippen molar-refractivity contribution in [2.75, 3.05) is 4.90 Å². The molecule has 6 rings (SSSR count). The lowest BCUT2D eigenvalue weighted by molar-refractivity contribution is -0.123. The van der Waals surface area contributed by atoms with Gasteiger partial charge in [-0.15, -0.1) is 0 Å². The third-order valence-electron chi connectivity index (χ3n) is 6.85. The molecule has 3 heterocycles. The summed E-state index contributed by atoms with van der Waals surface area (Å²) in [6.07, 6.45) is 5.22. The van der Waals surface area contributed by atoms with Crippen LogP contribution in [0.3, 0.4) is 0 Å². The van der Waals surface area contributed by atoms with Gasteiger partial charge in [0.05, 0.1) is 23.6 Å². The first kappa shape index (κ1) is 20.3. The number of allylic oxidation sites excluding steroid dienone is 1. The van der Waals surface area contributed by atoms with Crippen molar-refractivity contribution in [3.05, 3.63) is 103 Å². The van der Waals surface area contributed by atoms with Crippen LogP contribution in [-0.2, 0) is 9.59 Å². The molecule has 3 aromatic carbocycles. The summed E-state index contributed by atoms with van der Waals surface area (Å²) >= 11 is 0. The van der Waals surface area contributed by atoms with E-state index in [1.807, 2.05) is 54.6 Å². The number of carbonyl (C=O) groups excluding carboxylic acids is 3. The van der Waals surface area contributed by atoms with Crippen molar-refractivity contribution in [1.82, 2.24) is 5.01 Å². The summed E-state index contributed by atoms with van der Waals surface area (Å²) in [5, 5.41) is 6.05. The second-order valence-electron chi connectivity index (χ2n) is 8.67. The molecular weight excluding hydrogens is 426 g/mol. The molecule has 0 aliphatic carbocycles. The standard InChI is InChI=1S/C28H21N3O3/c32-26(20-15-13-19(14-16-20)18-8-3-1-4-9-18)25-24-23(22-12-7-17-29-31(22)25)27(33)30(28(24)34)21-10-5-2-6-11-21/h1-17,22-25H/t22-,23-,24+,25-/m0/s1. The third kappa shape index (κ3) is 3.03. The minimum absolute atomic E-state index is 0.208. The Kier molecular flexibility index (Phi) is 4.73. The zero-order valence-electron chi connectivity index (χ0n) is 18.2. The van der Waals surface area contributed by atoms with E-state index in [1.54, 1.807) is 53.7 Å². The number of rotatable bonds is 4. The number of anilines is 1. The monoisotopic (exact) mass is 447 g/mol. The fraction of sp³-hybridized carbons (Fsp3) is 0.143. The van der Waals surface area contributed by atoms with Crippen molar-refractivity contribution in [3.8, 4) is 11.1 Å². The van der Waals surface area contributed by atoms with Gasteiger partial charge in [-0.1, -0.05) is 78.9 Å². The number of para-hydroxylation sites is 1. The van der Waals surface area contributed by atoms with Gasteiger partial charge in [0.2, 0.25) is 11.8 Å². The van der Waals surface area contributed by atoms with Gasteiger partial charge < -0.3 is 0 Å². The zero-order valence-corrected chi connectivity index (χ0v) is 18.2. The van der Waals surface area contributed by atoms with E-state index in [0.717, 1.165) is 11.1 Å².